The minimum absolute atomic E-state index is 0.137. The molecule has 1 unspecified atom stereocenters. The van der Waals surface area contributed by atoms with E-state index in [1.807, 2.05) is 4.57 Å². The maximum atomic E-state index is 13.8. The average Bonchev–Trinajstić information content (AvgIpc) is 3.30. The van der Waals surface area contributed by atoms with Gasteiger partial charge in [-0.2, -0.15) is 9.13 Å². The third-order valence-corrected chi connectivity index (χ3v) is 7.03. The third-order valence-electron chi connectivity index (χ3n) is 5.38. The monoisotopic (exact) mass is 469 g/mol. The second kappa shape index (κ2) is 7.16. The molecule has 0 bridgehead atoms. The molecule has 0 fully saturated rings. The van der Waals surface area contributed by atoms with Crippen LogP contribution < -0.4 is 19.8 Å². The first-order valence-corrected chi connectivity index (χ1v) is 11.0. The molecule has 2 aliphatic heterocycles. The van der Waals surface area contributed by atoms with Crippen molar-refractivity contribution in [1.29, 1.82) is 0 Å². The standard InChI is InChI=1S/C19H16Cl3N4O2S/c1-28-17-15(10-6-11(20)8-12(21)7-10)16(27)26-13(14-9-23-18(22)29-14)2-3-24-4-5-25(17)19(24)26/h6-9,13H,2-5H2,1H3/q+1. The van der Waals surface area contributed by atoms with Gasteiger partial charge in [-0.1, -0.05) is 34.8 Å². The molecule has 29 heavy (non-hydrogen) atoms. The van der Waals surface area contributed by atoms with Crippen LogP contribution in [-0.4, -0.2) is 29.8 Å². The number of aromatic nitrogens is 3. The lowest BCUT2D eigenvalue weighted by molar-refractivity contribution is -0.679. The molecule has 2 aliphatic rings. The summed E-state index contributed by atoms with van der Waals surface area (Å²) >= 11 is 19.9. The summed E-state index contributed by atoms with van der Waals surface area (Å²) in [6.45, 7) is 2.41. The fourth-order valence-corrected chi connectivity index (χ4v) is 5.86. The van der Waals surface area contributed by atoms with Gasteiger partial charge in [0, 0.05) is 22.7 Å². The molecule has 0 spiro atoms. The van der Waals surface area contributed by atoms with Crippen LogP contribution in [0, 0.1) is 0 Å². The molecule has 1 aromatic carbocycles. The van der Waals surface area contributed by atoms with E-state index in [0.29, 0.717) is 31.5 Å². The van der Waals surface area contributed by atoms with E-state index in [1.54, 1.807) is 31.5 Å². The van der Waals surface area contributed by atoms with E-state index in [0.717, 1.165) is 36.9 Å². The van der Waals surface area contributed by atoms with Gasteiger partial charge < -0.3 is 4.74 Å². The van der Waals surface area contributed by atoms with E-state index in [2.05, 4.69) is 14.5 Å². The minimum Gasteiger partial charge on any atom is -0.471 e. The molecule has 1 atom stereocenters. The molecule has 6 nitrogen and oxygen atoms in total. The lowest BCUT2D eigenvalue weighted by atomic mass is 10.1. The molecule has 4 heterocycles. The van der Waals surface area contributed by atoms with E-state index < -0.39 is 0 Å². The summed E-state index contributed by atoms with van der Waals surface area (Å²) < 4.78 is 10.1. The van der Waals surface area contributed by atoms with Gasteiger partial charge in [0.05, 0.1) is 25.1 Å². The van der Waals surface area contributed by atoms with Crippen molar-refractivity contribution in [2.75, 3.05) is 25.1 Å². The number of methoxy groups -OCH3 is 1. The van der Waals surface area contributed by atoms with Crippen LogP contribution >= 0.6 is 46.1 Å². The Bertz CT molecular complexity index is 1170. The van der Waals surface area contributed by atoms with Crippen molar-refractivity contribution in [3.05, 3.63) is 54.1 Å². The first-order chi connectivity index (χ1) is 14.0. The quantitative estimate of drug-likeness (QED) is 0.542. The number of anilines is 1. The molecule has 0 aliphatic carbocycles. The zero-order chi connectivity index (χ0) is 20.3. The number of hydrogen-bond acceptors (Lipinski definition) is 5. The Balaban J connectivity index is 1.83. The van der Waals surface area contributed by atoms with Gasteiger partial charge in [0.15, 0.2) is 4.47 Å². The van der Waals surface area contributed by atoms with Crippen LogP contribution in [-0.2, 0) is 6.54 Å². The van der Waals surface area contributed by atoms with Gasteiger partial charge in [0.1, 0.15) is 18.2 Å². The van der Waals surface area contributed by atoms with Crippen LogP contribution in [0.5, 0.6) is 5.88 Å². The zero-order valence-electron chi connectivity index (χ0n) is 15.4. The Morgan fingerprint density at radius 1 is 1.21 bits per heavy atom. The Morgan fingerprint density at radius 2 is 1.97 bits per heavy atom. The molecule has 0 N–H and O–H groups in total. The van der Waals surface area contributed by atoms with E-state index >= 15 is 0 Å². The van der Waals surface area contributed by atoms with Crippen molar-refractivity contribution in [2.24, 2.45) is 0 Å². The van der Waals surface area contributed by atoms with Gasteiger partial charge in [-0.25, -0.2) is 9.78 Å². The first-order valence-electron chi connectivity index (χ1n) is 9.07. The highest BCUT2D eigenvalue weighted by molar-refractivity contribution is 7.15. The summed E-state index contributed by atoms with van der Waals surface area (Å²) in [5.74, 6) is 1.37. The summed E-state index contributed by atoms with van der Waals surface area (Å²) in [4.78, 5) is 21.2. The van der Waals surface area contributed by atoms with Gasteiger partial charge in [0.2, 0.25) is 0 Å². The fourth-order valence-electron chi connectivity index (χ4n) is 4.25. The van der Waals surface area contributed by atoms with Crippen LogP contribution in [0.2, 0.25) is 14.5 Å². The molecular weight excluding hydrogens is 455 g/mol. The summed E-state index contributed by atoms with van der Waals surface area (Å²) in [6, 6.07) is 4.98. The molecule has 5 rings (SSSR count). The van der Waals surface area contributed by atoms with Crippen molar-refractivity contribution < 1.29 is 9.30 Å². The third kappa shape index (κ3) is 3.03. The van der Waals surface area contributed by atoms with Crippen LogP contribution in [0.25, 0.3) is 11.1 Å². The number of nitrogens with zero attached hydrogens (tertiary/aromatic N) is 4. The van der Waals surface area contributed by atoms with Crippen molar-refractivity contribution in [2.45, 2.75) is 19.0 Å². The Kier molecular flexibility index (Phi) is 4.74. The highest BCUT2D eigenvalue weighted by atomic mass is 35.5. The molecule has 0 saturated carbocycles. The highest BCUT2D eigenvalue weighted by Crippen LogP contribution is 2.38. The molecule has 0 radical (unpaired) electrons. The van der Waals surface area contributed by atoms with E-state index in [-0.39, 0.29) is 11.6 Å². The number of benzene rings is 1. The highest BCUT2D eigenvalue weighted by Gasteiger charge is 2.44. The Labute approximate surface area is 185 Å². The van der Waals surface area contributed by atoms with Gasteiger partial charge in [0.25, 0.3) is 5.88 Å². The van der Waals surface area contributed by atoms with Crippen LogP contribution in [0.15, 0.2) is 29.2 Å². The number of thiazole rings is 1. The van der Waals surface area contributed by atoms with Crippen molar-refractivity contribution in [3.8, 4) is 17.0 Å². The average molecular weight is 471 g/mol. The second-order valence-corrected chi connectivity index (χ2v) is 9.49. The lowest BCUT2D eigenvalue weighted by Crippen LogP contribution is -2.47. The van der Waals surface area contributed by atoms with E-state index in [4.69, 9.17) is 39.5 Å². The molecular formula is C19H16Cl3N4O2S+. The van der Waals surface area contributed by atoms with Gasteiger partial charge in [-0.3, -0.25) is 4.90 Å². The predicted molar refractivity (Wildman–Crippen MR) is 115 cm³/mol. The number of hydrogen-bond donors (Lipinski definition) is 0. The largest absolute Gasteiger partial charge is 0.471 e. The summed E-state index contributed by atoms with van der Waals surface area (Å²) in [5, 5.41) is 0.927. The zero-order valence-corrected chi connectivity index (χ0v) is 18.4. The van der Waals surface area contributed by atoms with Crippen LogP contribution in [0.1, 0.15) is 17.3 Å². The lowest BCUT2D eigenvalue weighted by Gasteiger charge is -2.27. The fraction of sp³-hybridized carbons (Fsp3) is 0.316. The number of rotatable bonds is 3. The minimum atomic E-state index is -0.146. The van der Waals surface area contributed by atoms with Gasteiger partial charge in [-0.05, 0) is 23.8 Å². The molecule has 0 saturated heterocycles. The molecule has 0 amide bonds. The SMILES string of the molecule is COc1c(-c2cc(Cl)cc(Cl)c2)c(=O)n2c3[n+]1CCN3CCC2c1cnc(Cl)s1. The van der Waals surface area contributed by atoms with E-state index in [1.165, 1.54) is 11.3 Å². The van der Waals surface area contributed by atoms with Crippen LogP contribution in [0.3, 0.4) is 0 Å². The number of halogens is 3. The Hall–Kier alpha value is -1.80. The van der Waals surface area contributed by atoms with Crippen molar-refractivity contribution >= 4 is 52.1 Å². The Morgan fingerprint density at radius 3 is 2.62 bits per heavy atom. The maximum Gasteiger partial charge on any atom is 0.366 e. The molecule has 3 aromatic rings. The first kappa shape index (κ1) is 19.2. The van der Waals surface area contributed by atoms with Crippen molar-refractivity contribution in [3.63, 3.8) is 0 Å². The molecule has 150 valence electrons. The summed E-state index contributed by atoms with van der Waals surface area (Å²) in [6.07, 6.45) is 2.55. The second-order valence-electron chi connectivity index (χ2n) is 6.98. The van der Waals surface area contributed by atoms with E-state index in [9.17, 15) is 4.79 Å². The van der Waals surface area contributed by atoms with Crippen LogP contribution in [0.4, 0.5) is 5.95 Å². The predicted octanol–water partition coefficient (Wildman–Crippen LogP) is 4.04. The van der Waals surface area contributed by atoms with Crippen molar-refractivity contribution in [1.82, 2.24) is 9.55 Å². The van der Waals surface area contributed by atoms with Gasteiger partial charge >= 0.3 is 11.5 Å². The topological polar surface area (TPSA) is 51.2 Å². The summed E-state index contributed by atoms with van der Waals surface area (Å²) in [5.41, 5.74) is 0.936. The molecule has 10 heteroatoms. The normalized spacial score (nSPS) is 17.5. The number of ether oxygens (including phenoxy) is 1. The molecule has 2 aromatic heterocycles. The maximum absolute atomic E-state index is 13.8. The summed E-state index contributed by atoms with van der Waals surface area (Å²) in [7, 11) is 1.58. The van der Waals surface area contributed by atoms with Gasteiger partial charge in [-0.15, -0.1) is 11.3 Å². The smallest absolute Gasteiger partial charge is 0.366 e.